The van der Waals surface area contributed by atoms with Crippen molar-refractivity contribution in [2.75, 3.05) is 51.4 Å². The van der Waals surface area contributed by atoms with Crippen LogP contribution in [-0.4, -0.2) is 79.7 Å². The molecular weight excluding hydrogens is 438 g/mol. The summed E-state index contributed by atoms with van der Waals surface area (Å²) in [6.07, 6.45) is 1.46. The smallest absolute Gasteiger partial charge is 0.186 e. The van der Waals surface area contributed by atoms with Crippen molar-refractivity contribution in [3.05, 3.63) is 48.5 Å². The molecule has 0 saturated carbocycles. The number of para-hydroxylation sites is 3. The highest BCUT2D eigenvalue weighted by molar-refractivity contribution is 7.22. The second kappa shape index (κ2) is 10.3. The monoisotopic (exact) mass is 469 g/mol. The van der Waals surface area contributed by atoms with Crippen LogP contribution < -0.4 is 14.4 Å². The van der Waals surface area contributed by atoms with Crippen molar-refractivity contribution in [2.45, 2.75) is 31.1 Å². The lowest BCUT2D eigenvalue weighted by atomic mass is 10.0. The summed E-state index contributed by atoms with van der Waals surface area (Å²) in [4.78, 5) is 9.45. The van der Waals surface area contributed by atoms with Crippen LogP contribution >= 0.6 is 11.3 Å². The van der Waals surface area contributed by atoms with Crippen LogP contribution in [0, 0.1) is 0 Å². The van der Waals surface area contributed by atoms with Crippen LogP contribution in [0.15, 0.2) is 48.5 Å². The number of benzene rings is 2. The van der Waals surface area contributed by atoms with Gasteiger partial charge in [-0.25, -0.2) is 4.98 Å². The normalized spacial score (nSPS) is 20.1. The first-order valence-corrected chi connectivity index (χ1v) is 12.4. The molecule has 1 fully saturated rings. The van der Waals surface area contributed by atoms with Crippen LogP contribution in [0.5, 0.6) is 11.5 Å². The highest BCUT2D eigenvalue weighted by Crippen LogP contribution is 2.32. The van der Waals surface area contributed by atoms with Crippen molar-refractivity contribution in [2.24, 2.45) is 0 Å². The lowest BCUT2D eigenvalue weighted by Crippen LogP contribution is -2.46. The Morgan fingerprint density at radius 3 is 2.73 bits per heavy atom. The van der Waals surface area contributed by atoms with E-state index in [1.54, 1.807) is 11.3 Å². The third-order valence-corrected chi connectivity index (χ3v) is 7.47. The number of β-amino-alcohol motifs (C(OH)–C–C–N with tert-alkyl or cyclic N) is 1. The van der Waals surface area contributed by atoms with Crippen molar-refractivity contribution >= 4 is 26.7 Å². The molecule has 0 spiro atoms. The van der Waals surface area contributed by atoms with Crippen LogP contribution in [0.25, 0.3) is 10.2 Å². The molecule has 0 radical (unpaired) electrons. The Balaban J connectivity index is 1.02. The van der Waals surface area contributed by atoms with Gasteiger partial charge in [-0.1, -0.05) is 35.6 Å². The summed E-state index contributed by atoms with van der Waals surface area (Å²) in [6.45, 7) is 3.72. The van der Waals surface area contributed by atoms with Gasteiger partial charge in [-0.05, 0) is 37.1 Å². The molecule has 1 aromatic heterocycles. The van der Waals surface area contributed by atoms with E-state index in [-0.39, 0.29) is 6.10 Å². The summed E-state index contributed by atoms with van der Waals surface area (Å²) in [5.74, 6) is 1.52. The molecule has 1 N–H and O–H groups in total. The van der Waals surface area contributed by atoms with Crippen molar-refractivity contribution in [1.29, 1.82) is 0 Å². The number of hydrogen-bond donors (Lipinski definition) is 1. The van der Waals surface area contributed by atoms with Crippen LogP contribution in [0.2, 0.25) is 0 Å². The van der Waals surface area contributed by atoms with Crippen LogP contribution in [0.1, 0.15) is 12.8 Å². The van der Waals surface area contributed by atoms with Crippen molar-refractivity contribution < 1.29 is 19.3 Å². The SMILES string of the molecule is CN(c1nc2ccccc2s1)C1CCN(CC(O)COCC2COc3ccccc3O2)CC1. The fourth-order valence-electron chi connectivity index (χ4n) is 4.49. The maximum absolute atomic E-state index is 10.5. The Morgan fingerprint density at radius 1 is 1.15 bits per heavy atom. The molecule has 8 heteroatoms. The molecule has 2 aliphatic heterocycles. The number of rotatable bonds is 8. The summed E-state index contributed by atoms with van der Waals surface area (Å²) in [7, 11) is 2.15. The fourth-order valence-corrected chi connectivity index (χ4v) is 5.49. The van der Waals surface area contributed by atoms with Crippen molar-refractivity contribution in [1.82, 2.24) is 9.88 Å². The van der Waals surface area contributed by atoms with E-state index in [0.717, 1.165) is 48.1 Å². The number of aliphatic hydroxyl groups is 1. The van der Waals surface area contributed by atoms with E-state index in [9.17, 15) is 5.11 Å². The molecule has 7 nitrogen and oxygen atoms in total. The van der Waals surface area contributed by atoms with Gasteiger partial charge in [-0.2, -0.15) is 0 Å². The molecule has 176 valence electrons. The van der Waals surface area contributed by atoms with Gasteiger partial charge in [0.2, 0.25) is 0 Å². The average Bonchev–Trinajstić information content (AvgIpc) is 3.28. The predicted molar refractivity (Wildman–Crippen MR) is 131 cm³/mol. The van der Waals surface area contributed by atoms with Crippen LogP contribution in [0.3, 0.4) is 0 Å². The topological polar surface area (TPSA) is 67.3 Å². The van der Waals surface area contributed by atoms with E-state index in [1.165, 1.54) is 4.70 Å². The maximum atomic E-state index is 10.5. The third kappa shape index (κ3) is 5.41. The molecular formula is C25H31N3O4S. The third-order valence-electron chi connectivity index (χ3n) is 6.34. The van der Waals surface area contributed by atoms with Crippen LogP contribution in [0.4, 0.5) is 5.13 Å². The summed E-state index contributed by atoms with van der Waals surface area (Å²) >= 11 is 1.75. The zero-order valence-corrected chi connectivity index (χ0v) is 19.7. The van der Waals surface area contributed by atoms with E-state index in [0.29, 0.717) is 32.4 Å². The van der Waals surface area contributed by atoms with E-state index in [4.69, 9.17) is 19.2 Å². The van der Waals surface area contributed by atoms with E-state index < -0.39 is 6.10 Å². The first kappa shape index (κ1) is 22.4. The van der Waals surface area contributed by atoms with Gasteiger partial charge in [0, 0.05) is 32.7 Å². The lowest BCUT2D eigenvalue weighted by molar-refractivity contribution is -0.0303. The molecule has 1 saturated heterocycles. The minimum Gasteiger partial charge on any atom is -0.486 e. The predicted octanol–water partition coefficient (Wildman–Crippen LogP) is 3.41. The van der Waals surface area contributed by atoms with Crippen molar-refractivity contribution in [3.63, 3.8) is 0 Å². The second-order valence-corrected chi connectivity index (χ2v) is 9.80. The quantitative estimate of drug-likeness (QED) is 0.542. The molecule has 0 amide bonds. The molecule has 3 heterocycles. The maximum Gasteiger partial charge on any atom is 0.186 e. The van der Waals surface area contributed by atoms with Gasteiger partial charge in [0.15, 0.2) is 22.7 Å². The largest absolute Gasteiger partial charge is 0.486 e. The number of aromatic nitrogens is 1. The summed E-state index contributed by atoms with van der Waals surface area (Å²) in [6, 6.07) is 16.4. The number of anilines is 1. The Morgan fingerprint density at radius 2 is 1.91 bits per heavy atom. The van der Waals surface area contributed by atoms with Gasteiger partial charge in [0.1, 0.15) is 6.61 Å². The number of aliphatic hydroxyl groups excluding tert-OH is 1. The molecule has 3 aromatic rings. The Kier molecular flexibility index (Phi) is 6.96. The zero-order valence-electron chi connectivity index (χ0n) is 18.9. The zero-order chi connectivity index (χ0) is 22.6. The average molecular weight is 470 g/mol. The van der Waals surface area contributed by atoms with Gasteiger partial charge in [0.25, 0.3) is 0 Å². The lowest BCUT2D eigenvalue weighted by Gasteiger charge is -2.37. The number of thiazole rings is 1. The number of nitrogens with zero attached hydrogens (tertiary/aromatic N) is 3. The minimum atomic E-state index is -0.514. The number of ether oxygens (including phenoxy) is 3. The van der Waals surface area contributed by atoms with Gasteiger partial charge < -0.3 is 29.1 Å². The van der Waals surface area contributed by atoms with E-state index in [2.05, 4.69) is 35.0 Å². The number of piperidine rings is 1. The molecule has 5 rings (SSSR count). The van der Waals surface area contributed by atoms with Gasteiger partial charge in [0.05, 0.1) is 29.5 Å². The number of hydrogen-bond acceptors (Lipinski definition) is 8. The molecule has 2 unspecified atom stereocenters. The second-order valence-electron chi connectivity index (χ2n) is 8.80. The highest BCUT2D eigenvalue weighted by atomic mass is 32.1. The molecule has 2 aromatic carbocycles. The van der Waals surface area contributed by atoms with E-state index in [1.807, 2.05) is 30.3 Å². The first-order valence-electron chi connectivity index (χ1n) is 11.6. The summed E-state index contributed by atoms with van der Waals surface area (Å²) in [5, 5.41) is 11.5. The Labute approximate surface area is 198 Å². The van der Waals surface area contributed by atoms with Crippen molar-refractivity contribution in [3.8, 4) is 11.5 Å². The minimum absolute atomic E-state index is 0.152. The van der Waals surface area contributed by atoms with Crippen LogP contribution in [-0.2, 0) is 4.74 Å². The standard InChI is InChI=1S/C25H31N3O4S/c1-27(25-26-21-6-2-5-9-24(21)33-25)18-10-12-28(13-11-18)14-19(29)15-30-16-20-17-31-22-7-3-4-8-23(22)32-20/h2-9,18-20,29H,10-17H2,1H3. The Hall–Kier alpha value is -2.39. The van der Waals surface area contributed by atoms with E-state index >= 15 is 0 Å². The highest BCUT2D eigenvalue weighted by Gasteiger charge is 2.26. The molecule has 0 bridgehead atoms. The Bertz CT molecular complexity index is 1020. The number of likely N-dealkylation sites (tertiary alicyclic amines) is 1. The van der Waals surface area contributed by atoms with Gasteiger partial charge in [-0.3, -0.25) is 0 Å². The molecule has 0 aliphatic carbocycles. The number of fused-ring (bicyclic) bond motifs is 2. The van der Waals surface area contributed by atoms with Gasteiger partial charge >= 0.3 is 0 Å². The molecule has 33 heavy (non-hydrogen) atoms. The molecule has 2 atom stereocenters. The first-order chi connectivity index (χ1) is 16.2. The summed E-state index contributed by atoms with van der Waals surface area (Å²) < 4.78 is 18.6. The van der Waals surface area contributed by atoms with Gasteiger partial charge in [-0.15, -0.1) is 0 Å². The fraction of sp³-hybridized carbons (Fsp3) is 0.480. The molecule has 2 aliphatic rings. The summed E-state index contributed by atoms with van der Waals surface area (Å²) in [5.41, 5.74) is 1.07.